The predicted octanol–water partition coefficient (Wildman–Crippen LogP) is -0.352. The molecule has 0 aliphatic heterocycles. The van der Waals surface area contributed by atoms with E-state index in [-0.39, 0.29) is 12.1 Å². The monoisotopic (exact) mass is 265 g/mol. The standard InChI is InChI=1S/C10H27N3O3Si/c1-14-17(15-2,16-3)8-4-5-9(12)10(13)6-7-11/h9-10H,4-8,11-13H2,1-3H3. The van der Waals surface area contributed by atoms with Gasteiger partial charge >= 0.3 is 8.80 Å². The highest BCUT2D eigenvalue weighted by Crippen LogP contribution is 2.17. The average molecular weight is 265 g/mol. The molecule has 104 valence electrons. The van der Waals surface area contributed by atoms with Gasteiger partial charge in [-0.05, 0) is 25.8 Å². The molecule has 0 aliphatic carbocycles. The highest BCUT2D eigenvalue weighted by molar-refractivity contribution is 6.60. The third kappa shape index (κ3) is 5.91. The second-order valence-corrected chi connectivity index (χ2v) is 7.18. The van der Waals surface area contributed by atoms with Gasteiger partial charge in [0, 0.05) is 39.5 Å². The highest BCUT2D eigenvalue weighted by atomic mass is 28.4. The quantitative estimate of drug-likeness (QED) is 0.466. The van der Waals surface area contributed by atoms with Crippen LogP contribution < -0.4 is 17.2 Å². The van der Waals surface area contributed by atoms with Crippen LogP contribution in [0, 0.1) is 0 Å². The summed E-state index contributed by atoms with van der Waals surface area (Å²) in [5.74, 6) is 0. The number of nitrogens with two attached hydrogens (primary N) is 3. The largest absolute Gasteiger partial charge is 0.500 e. The molecule has 2 unspecified atom stereocenters. The predicted molar refractivity (Wildman–Crippen MR) is 70.4 cm³/mol. The molecule has 6 N–H and O–H groups in total. The van der Waals surface area contributed by atoms with Crippen LogP contribution in [0.25, 0.3) is 0 Å². The molecule has 6 nitrogen and oxygen atoms in total. The lowest BCUT2D eigenvalue weighted by atomic mass is 10.0. The van der Waals surface area contributed by atoms with Gasteiger partial charge in [-0.3, -0.25) is 0 Å². The molecule has 0 aromatic heterocycles. The summed E-state index contributed by atoms with van der Waals surface area (Å²) in [5.41, 5.74) is 17.3. The van der Waals surface area contributed by atoms with Gasteiger partial charge in [-0.15, -0.1) is 0 Å². The van der Waals surface area contributed by atoms with Crippen LogP contribution in [0.2, 0.25) is 6.04 Å². The molecule has 0 bridgehead atoms. The van der Waals surface area contributed by atoms with Crippen molar-refractivity contribution in [3.8, 4) is 0 Å². The zero-order valence-electron chi connectivity index (χ0n) is 11.1. The molecule has 7 heteroatoms. The first-order valence-electron chi connectivity index (χ1n) is 5.92. The van der Waals surface area contributed by atoms with Crippen molar-refractivity contribution in [1.82, 2.24) is 0 Å². The second-order valence-electron chi connectivity index (χ2n) is 4.09. The molecule has 0 saturated carbocycles. The van der Waals surface area contributed by atoms with E-state index in [9.17, 15) is 0 Å². The Labute approximate surface area is 105 Å². The van der Waals surface area contributed by atoms with Crippen LogP contribution in [0.5, 0.6) is 0 Å². The fraction of sp³-hybridized carbons (Fsp3) is 1.00. The molecule has 0 saturated heterocycles. The molecule has 0 heterocycles. The molecule has 0 amide bonds. The van der Waals surface area contributed by atoms with E-state index in [1.807, 2.05) is 0 Å². The van der Waals surface area contributed by atoms with Gasteiger partial charge in [-0.2, -0.15) is 0 Å². The number of hydrogen-bond donors (Lipinski definition) is 3. The first kappa shape index (κ1) is 17.0. The molecule has 0 fully saturated rings. The second kappa shape index (κ2) is 8.98. The third-order valence-electron chi connectivity index (χ3n) is 3.00. The SMILES string of the molecule is CO[Si](CCCC(N)C(N)CCN)(OC)OC. The zero-order valence-corrected chi connectivity index (χ0v) is 12.1. The van der Waals surface area contributed by atoms with Crippen molar-refractivity contribution in [1.29, 1.82) is 0 Å². The van der Waals surface area contributed by atoms with Gasteiger partial charge in [0.15, 0.2) is 0 Å². The highest BCUT2D eigenvalue weighted by Gasteiger charge is 2.37. The molecule has 0 aromatic carbocycles. The van der Waals surface area contributed by atoms with Gasteiger partial charge in [-0.1, -0.05) is 0 Å². The maximum absolute atomic E-state index is 5.97. The van der Waals surface area contributed by atoms with Crippen LogP contribution >= 0.6 is 0 Å². The molecule has 0 aliphatic rings. The van der Waals surface area contributed by atoms with E-state index >= 15 is 0 Å². The van der Waals surface area contributed by atoms with Crippen molar-refractivity contribution in [3.05, 3.63) is 0 Å². The van der Waals surface area contributed by atoms with Crippen molar-refractivity contribution < 1.29 is 13.3 Å². The van der Waals surface area contributed by atoms with Crippen LogP contribution in [0.3, 0.4) is 0 Å². The van der Waals surface area contributed by atoms with E-state index in [1.54, 1.807) is 21.3 Å². The van der Waals surface area contributed by atoms with Gasteiger partial charge in [0.1, 0.15) is 0 Å². The minimum atomic E-state index is -2.46. The molecule has 2 atom stereocenters. The van der Waals surface area contributed by atoms with Gasteiger partial charge in [0.05, 0.1) is 0 Å². The van der Waals surface area contributed by atoms with E-state index in [2.05, 4.69) is 0 Å². The Morgan fingerprint density at radius 2 is 1.41 bits per heavy atom. The number of hydrogen-bond acceptors (Lipinski definition) is 6. The Bertz CT molecular complexity index is 185. The first-order chi connectivity index (χ1) is 8.05. The summed E-state index contributed by atoms with van der Waals surface area (Å²) < 4.78 is 16.0. The molecule has 17 heavy (non-hydrogen) atoms. The summed E-state index contributed by atoms with van der Waals surface area (Å²) in [6.45, 7) is 0.571. The fourth-order valence-electron chi connectivity index (χ4n) is 1.73. The van der Waals surface area contributed by atoms with Crippen LogP contribution in [-0.4, -0.2) is 48.8 Å². The van der Waals surface area contributed by atoms with E-state index in [4.69, 9.17) is 30.5 Å². The van der Waals surface area contributed by atoms with Crippen molar-refractivity contribution in [3.63, 3.8) is 0 Å². The first-order valence-corrected chi connectivity index (χ1v) is 7.85. The molecular weight excluding hydrogens is 238 g/mol. The van der Waals surface area contributed by atoms with Crippen LogP contribution in [0.15, 0.2) is 0 Å². The van der Waals surface area contributed by atoms with E-state index in [1.165, 1.54) is 0 Å². The fourth-order valence-corrected chi connectivity index (χ4v) is 3.48. The lowest BCUT2D eigenvalue weighted by molar-refractivity contribution is 0.122. The number of rotatable bonds is 10. The lowest BCUT2D eigenvalue weighted by Gasteiger charge is -2.25. The summed E-state index contributed by atoms with van der Waals surface area (Å²) >= 11 is 0. The Morgan fingerprint density at radius 1 is 0.941 bits per heavy atom. The van der Waals surface area contributed by atoms with Crippen molar-refractivity contribution >= 4 is 8.80 Å². The summed E-state index contributed by atoms with van der Waals surface area (Å²) in [4.78, 5) is 0. The molecule has 0 radical (unpaired) electrons. The van der Waals surface area contributed by atoms with Gasteiger partial charge in [0.2, 0.25) is 0 Å². The lowest BCUT2D eigenvalue weighted by Crippen LogP contribution is -2.45. The summed E-state index contributed by atoms with van der Waals surface area (Å²) in [5, 5.41) is 0. The summed E-state index contributed by atoms with van der Waals surface area (Å²) in [7, 11) is 2.37. The Hall–Kier alpha value is -0.0231. The molecule has 0 spiro atoms. The Kier molecular flexibility index (Phi) is 8.97. The molecular formula is C10H27N3O3Si. The maximum Gasteiger partial charge on any atom is 0.500 e. The molecule has 0 aromatic rings. The topological polar surface area (TPSA) is 106 Å². The van der Waals surface area contributed by atoms with Crippen LogP contribution in [-0.2, 0) is 13.3 Å². The van der Waals surface area contributed by atoms with E-state index < -0.39 is 8.80 Å². The summed E-state index contributed by atoms with van der Waals surface area (Å²) in [6.07, 6.45) is 2.45. The molecule has 0 rings (SSSR count). The van der Waals surface area contributed by atoms with E-state index in [0.29, 0.717) is 6.54 Å². The van der Waals surface area contributed by atoms with Crippen LogP contribution in [0.1, 0.15) is 19.3 Å². The average Bonchev–Trinajstić information content (AvgIpc) is 2.35. The van der Waals surface area contributed by atoms with Gasteiger partial charge in [0.25, 0.3) is 0 Å². The van der Waals surface area contributed by atoms with Crippen LogP contribution in [0.4, 0.5) is 0 Å². The van der Waals surface area contributed by atoms with Gasteiger partial charge in [-0.25, -0.2) is 0 Å². The Morgan fingerprint density at radius 3 is 1.82 bits per heavy atom. The third-order valence-corrected chi connectivity index (χ3v) is 5.84. The maximum atomic E-state index is 5.97. The minimum Gasteiger partial charge on any atom is -0.377 e. The normalized spacial score (nSPS) is 15.9. The minimum absolute atomic E-state index is 0.0316. The van der Waals surface area contributed by atoms with Crippen molar-refractivity contribution in [2.45, 2.75) is 37.4 Å². The van der Waals surface area contributed by atoms with Gasteiger partial charge < -0.3 is 30.5 Å². The Balaban J connectivity index is 3.95. The smallest absolute Gasteiger partial charge is 0.377 e. The summed E-state index contributed by atoms with van der Waals surface area (Å²) in [6, 6.07) is 0.680. The zero-order chi connectivity index (χ0) is 13.3. The van der Waals surface area contributed by atoms with Crippen molar-refractivity contribution in [2.24, 2.45) is 17.2 Å². The van der Waals surface area contributed by atoms with Crippen molar-refractivity contribution in [2.75, 3.05) is 27.9 Å². The van der Waals surface area contributed by atoms with E-state index in [0.717, 1.165) is 25.3 Å².